The van der Waals surface area contributed by atoms with E-state index < -0.39 is 0 Å². The zero-order valence-electron chi connectivity index (χ0n) is 11.9. The molecule has 0 bridgehead atoms. The third-order valence-electron chi connectivity index (χ3n) is 2.98. The van der Waals surface area contributed by atoms with Gasteiger partial charge in [0.2, 0.25) is 0 Å². The molecular formula is C15H28N2. The molecule has 0 aromatic rings. The second-order valence-electron chi connectivity index (χ2n) is 4.51. The van der Waals surface area contributed by atoms with Crippen LogP contribution >= 0.6 is 0 Å². The third-order valence-corrected chi connectivity index (χ3v) is 2.98. The van der Waals surface area contributed by atoms with Crippen molar-refractivity contribution in [3.8, 4) is 0 Å². The van der Waals surface area contributed by atoms with E-state index in [0.717, 1.165) is 30.5 Å². The maximum Gasteiger partial charge on any atom is 0.0402 e. The Morgan fingerprint density at radius 3 is 2.53 bits per heavy atom. The molecule has 17 heavy (non-hydrogen) atoms. The van der Waals surface area contributed by atoms with Gasteiger partial charge in [-0.05, 0) is 44.3 Å². The molecule has 2 nitrogen and oxygen atoms in total. The molecule has 0 aromatic carbocycles. The van der Waals surface area contributed by atoms with Gasteiger partial charge in [0.15, 0.2) is 0 Å². The third kappa shape index (κ3) is 6.42. The first-order valence-electron chi connectivity index (χ1n) is 6.68. The Bertz CT molecular complexity index is 287. The SMILES string of the molecule is C=C(CC(N)CCCC)/C(CC)=C(/C)N=CC. The Balaban J connectivity index is 4.51. The van der Waals surface area contributed by atoms with Crippen molar-refractivity contribution in [1.29, 1.82) is 0 Å². The van der Waals surface area contributed by atoms with Crippen LogP contribution in [0.2, 0.25) is 0 Å². The Labute approximate surface area is 107 Å². The van der Waals surface area contributed by atoms with E-state index in [2.05, 4.69) is 25.4 Å². The van der Waals surface area contributed by atoms with Crippen LogP contribution in [0.3, 0.4) is 0 Å². The van der Waals surface area contributed by atoms with Gasteiger partial charge in [0.25, 0.3) is 0 Å². The van der Waals surface area contributed by atoms with Crippen molar-refractivity contribution in [1.82, 2.24) is 0 Å². The fourth-order valence-corrected chi connectivity index (χ4v) is 2.04. The number of aliphatic imine (C=N–C) groups is 1. The largest absolute Gasteiger partial charge is 0.327 e. The second kappa shape index (κ2) is 9.17. The van der Waals surface area contributed by atoms with Crippen molar-refractivity contribution in [3.05, 3.63) is 23.4 Å². The minimum atomic E-state index is 0.238. The topological polar surface area (TPSA) is 38.4 Å². The van der Waals surface area contributed by atoms with Crippen LogP contribution in [-0.2, 0) is 0 Å². The van der Waals surface area contributed by atoms with Crippen molar-refractivity contribution in [2.75, 3.05) is 0 Å². The second-order valence-corrected chi connectivity index (χ2v) is 4.51. The van der Waals surface area contributed by atoms with Crippen molar-refractivity contribution >= 4 is 6.21 Å². The summed E-state index contributed by atoms with van der Waals surface area (Å²) < 4.78 is 0. The monoisotopic (exact) mass is 236 g/mol. The Hall–Kier alpha value is -0.890. The van der Waals surface area contributed by atoms with Crippen molar-refractivity contribution < 1.29 is 0 Å². The summed E-state index contributed by atoms with van der Waals surface area (Å²) in [6.45, 7) is 12.5. The molecule has 0 fully saturated rings. The van der Waals surface area contributed by atoms with Crippen molar-refractivity contribution in [3.63, 3.8) is 0 Å². The molecule has 0 radical (unpaired) electrons. The van der Waals surface area contributed by atoms with Gasteiger partial charge in [-0.1, -0.05) is 33.3 Å². The lowest BCUT2D eigenvalue weighted by molar-refractivity contribution is 0.572. The summed E-state index contributed by atoms with van der Waals surface area (Å²) in [5.74, 6) is 0. The summed E-state index contributed by atoms with van der Waals surface area (Å²) >= 11 is 0. The maximum absolute atomic E-state index is 6.11. The lowest BCUT2D eigenvalue weighted by Gasteiger charge is -2.16. The highest BCUT2D eigenvalue weighted by molar-refractivity contribution is 5.56. The van der Waals surface area contributed by atoms with Gasteiger partial charge in [-0.15, -0.1) is 0 Å². The van der Waals surface area contributed by atoms with E-state index in [0.29, 0.717) is 0 Å². The number of rotatable bonds is 8. The van der Waals surface area contributed by atoms with Gasteiger partial charge in [0.05, 0.1) is 0 Å². The van der Waals surface area contributed by atoms with Crippen LogP contribution in [0.5, 0.6) is 0 Å². The van der Waals surface area contributed by atoms with E-state index in [1.807, 2.05) is 20.1 Å². The van der Waals surface area contributed by atoms with Gasteiger partial charge < -0.3 is 5.73 Å². The fourth-order valence-electron chi connectivity index (χ4n) is 2.04. The summed E-state index contributed by atoms with van der Waals surface area (Å²) in [4.78, 5) is 4.34. The van der Waals surface area contributed by atoms with E-state index in [4.69, 9.17) is 5.73 Å². The smallest absolute Gasteiger partial charge is 0.0402 e. The number of allylic oxidation sites excluding steroid dienone is 2. The molecule has 1 atom stereocenters. The molecule has 0 saturated heterocycles. The maximum atomic E-state index is 6.11. The Morgan fingerprint density at radius 2 is 2.06 bits per heavy atom. The van der Waals surface area contributed by atoms with Crippen molar-refractivity contribution in [2.24, 2.45) is 10.7 Å². The molecule has 2 N–H and O–H groups in total. The number of hydrogen-bond acceptors (Lipinski definition) is 2. The van der Waals surface area contributed by atoms with E-state index in [-0.39, 0.29) is 6.04 Å². The average molecular weight is 236 g/mol. The van der Waals surface area contributed by atoms with Crippen LogP contribution in [0.4, 0.5) is 0 Å². The molecule has 0 aromatic heterocycles. The van der Waals surface area contributed by atoms with Gasteiger partial charge in [0, 0.05) is 18.0 Å². The van der Waals surface area contributed by atoms with Crippen LogP contribution in [0.1, 0.15) is 59.8 Å². The summed E-state index contributed by atoms with van der Waals surface area (Å²) in [5, 5.41) is 0. The zero-order chi connectivity index (χ0) is 13.3. The Morgan fingerprint density at radius 1 is 1.41 bits per heavy atom. The minimum absolute atomic E-state index is 0.238. The first-order chi connectivity index (χ1) is 8.06. The predicted octanol–water partition coefficient (Wildman–Crippen LogP) is 4.22. The molecule has 0 aliphatic rings. The summed E-state index contributed by atoms with van der Waals surface area (Å²) in [6, 6.07) is 0.238. The van der Waals surface area contributed by atoms with Gasteiger partial charge in [-0.3, -0.25) is 4.99 Å². The van der Waals surface area contributed by atoms with Gasteiger partial charge in [-0.2, -0.15) is 0 Å². The first kappa shape index (κ1) is 16.1. The molecule has 1 unspecified atom stereocenters. The predicted molar refractivity (Wildman–Crippen MR) is 78.4 cm³/mol. The van der Waals surface area contributed by atoms with E-state index in [1.54, 1.807) is 0 Å². The van der Waals surface area contributed by atoms with Gasteiger partial charge in [0.1, 0.15) is 0 Å². The molecule has 0 heterocycles. The number of hydrogen-bond donors (Lipinski definition) is 1. The van der Waals surface area contributed by atoms with Crippen molar-refractivity contribution in [2.45, 2.75) is 65.8 Å². The van der Waals surface area contributed by atoms with Crippen LogP contribution in [0.15, 0.2) is 28.4 Å². The van der Waals surface area contributed by atoms with E-state index in [1.165, 1.54) is 18.4 Å². The van der Waals surface area contributed by atoms with Gasteiger partial charge in [-0.25, -0.2) is 0 Å². The van der Waals surface area contributed by atoms with E-state index >= 15 is 0 Å². The van der Waals surface area contributed by atoms with Crippen LogP contribution < -0.4 is 5.73 Å². The van der Waals surface area contributed by atoms with Crippen LogP contribution in [0, 0.1) is 0 Å². The Kier molecular flexibility index (Phi) is 8.69. The summed E-state index contributed by atoms with van der Waals surface area (Å²) in [5.41, 5.74) is 9.59. The number of nitrogens with two attached hydrogens (primary N) is 1. The number of unbranched alkanes of at least 4 members (excludes halogenated alkanes) is 1. The molecule has 0 aliphatic carbocycles. The fraction of sp³-hybridized carbons (Fsp3) is 0.667. The molecule has 98 valence electrons. The normalized spacial score (nSPS) is 14.9. The first-order valence-corrected chi connectivity index (χ1v) is 6.68. The summed E-state index contributed by atoms with van der Waals surface area (Å²) in [7, 11) is 0. The highest BCUT2D eigenvalue weighted by Crippen LogP contribution is 2.22. The highest BCUT2D eigenvalue weighted by Gasteiger charge is 2.09. The minimum Gasteiger partial charge on any atom is -0.327 e. The molecule has 0 spiro atoms. The lowest BCUT2D eigenvalue weighted by atomic mass is 9.95. The summed E-state index contributed by atoms with van der Waals surface area (Å²) in [6.07, 6.45) is 7.18. The average Bonchev–Trinajstić information content (AvgIpc) is 2.27. The van der Waals surface area contributed by atoms with Gasteiger partial charge >= 0.3 is 0 Å². The lowest BCUT2D eigenvalue weighted by Crippen LogP contribution is -2.20. The van der Waals surface area contributed by atoms with Crippen LogP contribution in [-0.4, -0.2) is 12.3 Å². The molecule has 0 aliphatic heterocycles. The standard InChI is InChI=1S/C15H28N2/c1-6-9-10-14(16)11-12(4)15(7-2)13(5)17-8-3/h8,14H,4,6-7,9-11,16H2,1-3,5H3/b15-13-,17-8?. The molecular weight excluding hydrogens is 208 g/mol. The quantitative estimate of drug-likeness (QED) is 0.497. The number of nitrogens with zero attached hydrogens (tertiary/aromatic N) is 1. The van der Waals surface area contributed by atoms with Crippen LogP contribution in [0.25, 0.3) is 0 Å². The highest BCUT2D eigenvalue weighted by atomic mass is 14.7. The zero-order valence-corrected chi connectivity index (χ0v) is 11.9. The molecule has 2 heteroatoms. The van der Waals surface area contributed by atoms with E-state index in [9.17, 15) is 0 Å². The molecule has 0 saturated carbocycles. The molecule has 0 amide bonds. The molecule has 0 rings (SSSR count).